The summed E-state index contributed by atoms with van der Waals surface area (Å²) >= 11 is 0. The SMILES string of the molecule is CCCCCCCCCCCCCC(=O)OC[C@H](COP(=O)(O)OC[C@H](O)COP(=O)(O)OC[C@@H](COC(=O)CCCCCCCCCCC(C)C)OC(=O)CCCCCCCCCCCCCCCC(C)C)OC(=O)CCCCCCCCCCCCC. The number of hydrogen-bond acceptors (Lipinski definition) is 15. The van der Waals surface area contributed by atoms with E-state index in [1.807, 2.05) is 0 Å². The van der Waals surface area contributed by atoms with Gasteiger partial charge in [0, 0.05) is 25.7 Å². The molecular weight excluding hydrogens is 1170 g/mol. The Kier molecular flexibility index (Phi) is 60.8. The van der Waals surface area contributed by atoms with Crippen LogP contribution >= 0.6 is 15.6 Å². The Morgan fingerprint density at radius 3 is 0.764 bits per heavy atom. The number of phosphoric ester groups is 2. The van der Waals surface area contributed by atoms with Gasteiger partial charge in [-0.1, -0.05) is 305 Å². The number of ether oxygens (including phenoxy) is 4. The number of aliphatic hydroxyl groups excluding tert-OH is 1. The molecule has 2 unspecified atom stereocenters. The standard InChI is InChI=1S/C70H136O17P2/c1-7-9-11-13-15-17-22-27-34-40-46-52-67(72)80-58-65(86-69(74)54-48-42-36-28-23-18-16-14-12-10-8-2)60-84-88(76,77)82-56-64(71)57-83-89(78,79)85-61-66(59-81-68(73)53-47-41-35-31-30-33-39-45-51-63(5)6)87-70(75)55-49-43-37-29-25-21-19-20-24-26-32-38-44-50-62(3)4/h62-66,71H,7-61H2,1-6H3,(H,76,77)(H,78,79)/t64-,65+,66+/m0/s1. The zero-order valence-corrected chi connectivity index (χ0v) is 59.5. The maximum Gasteiger partial charge on any atom is 0.472 e. The Hall–Kier alpha value is -1.94. The molecule has 3 N–H and O–H groups in total. The zero-order chi connectivity index (χ0) is 65.7. The van der Waals surface area contributed by atoms with Crippen LogP contribution in [-0.2, 0) is 65.4 Å². The van der Waals surface area contributed by atoms with Gasteiger partial charge in [-0.15, -0.1) is 0 Å². The number of phosphoric acid groups is 2. The highest BCUT2D eigenvalue weighted by atomic mass is 31.2. The summed E-state index contributed by atoms with van der Waals surface area (Å²) in [5, 5.41) is 10.6. The average molecular weight is 1310 g/mol. The molecule has 0 radical (unpaired) electrons. The molecule has 0 saturated carbocycles. The molecule has 0 aromatic carbocycles. The third-order valence-corrected chi connectivity index (χ3v) is 18.1. The molecule has 0 aromatic heterocycles. The number of hydrogen-bond donors (Lipinski definition) is 3. The maximum absolute atomic E-state index is 13.0. The van der Waals surface area contributed by atoms with E-state index < -0.39 is 97.5 Å². The highest BCUT2D eigenvalue weighted by Gasteiger charge is 2.30. The Morgan fingerprint density at radius 1 is 0.303 bits per heavy atom. The Balaban J connectivity index is 5.24. The van der Waals surface area contributed by atoms with E-state index in [0.717, 1.165) is 102 Å². The Labute approximate surface area is 543 Å². The second-order valence-electron chi connectivity index (χ2n) is 26.2. The van der Waals surface area contributed by atoms with Crippen molar-refractivity contribution in [1.29, 1.82) is 0 Å². The molecule has 0 aliphatic heterocycles. The first-order chi connectivity index (χ1) is 42.9. The van der Waals surface area contributed by atoms with Crippen molar-refractivity contribution in [3.63, 3.8) is 0 Å². The second-order valence-corrected chi connectivity index (χ2v) is 29.1. The topological polar surface area (TPSA) is 237 Å². The first-order valence-corrected chi connectivity index (χ1v) is 39.5. The van der Waals surface area contributed by atoms with Crippen LogP contribution < -0.4 is 0 Å². The monoisotopic (exact) mass is 1310 g/mol. The minimum Gasteiger partial charge on any atom is -0.462 e. The van der Waals surface area contributed by atoms with Crippen LogP contribution in [0.25, 0.3) is 0 Å². The zero-order valence-electron chi connectivity index (χ0n) is 57.7. The predicted octanol–water partition coefficient (Wildman–Crippen LogP) is 20.0. The first-order valence-electron chi connectivity index (χ1n) is 36.5. The van der Waals surface area contributed by atoms with Gasteiger partial charge in [-0.05, 0) is 37.5 Å². The van der Waals surface area contributed by atoms with Gasteiger partial charge in [0.2, 0.25) is 0 Å². The maximum atomic E-state index is 13.0. The third kappa shape index (κ3) is 64.6. The van der Waals surface area contributed by atoms with Crippen LogP contribution in [0.5, 0.6) is 0 Å². The molecule has 0 aliphatic carbocycles. The van der Waals surface area contributed by atoms with Crippen LogP contribution in [0.2, 0.25) is 0 Å². The van der Waals surface area contributed by atoms with Crippen molar-refractivity contribution in [2.24, 2.45) is 11.8 Å². The largest absolute Gasteiger partial charge is 0.472 e. The van der Waals surface area contributed by atoms with Gasteiger partial charge in [0.05, 0.1) is 26.4 Å². The van der Waals surface area contributed by atoms with Crippen LogP contribution in [0, 0.1) is 11.8 Å². The van der Waals surface area contributed by atoms with Gasteiger partial charge in [0.1, 0.15) is 19.3 Å². The van der Waals surface area contributed by atoms with Crippen LogP contribution in [0.15, 0.2) is 0 Å². The second kappa shape index (κ2) is 62.2. The summed E-state index contributed by atoms with van der Waals surface area (Å²) < 4.78 is 68.3. The van der Waals surface area contributed by atoms with E-state index >= 15 is 0 Å². The highest BCUT2D eigenvalue weighted by molar-refractivity contribution is 7.47. The number of esters is 4. The minimum atomic E-state index is -4.95. The molecule has 0 saturated heterocycles. The molecule has 5 atom stereocenters. The first kappa shape index (κ1) is 87.1. The molecule has 0 aliphatic rings. The quantitative estimate of drug-likeness (QED) is 0.0222. The lowest BCUT2D eigenvalue weighted by atomic mass is 10.0. The number of rotatable bonds is 69. The molecule has 0 heterocycles. The van der Waals surface area contributed by atoms with Crippen molar-refractivity contribution >= 4 is 39.5 Å². The van der Waals surface area contributed by atoms with Gasteiger partial charge in [-0.3, -0.25) is 37.3 Å². The summed E-state index contributed by atoms with van der Waals surface area (Å²) in [6.07, 6.45) is 47.1. The summed E-state index contributed by atoms with van der Waals surface area (Å²) in [5.74, 6) is -0.610. The van der Waals surface area contributed by atoms with Crippen molar-refractivity contribution in [1.82, 2.24) is 0 Å². The predicted molar refractivity (Wildman–Crippen MR) is 358 cm³/mol. The van der Waals surface area contributed by atoms with Gasteiger partial charge in [0.25, 0.3) is 0 Å². The van der Waals surface area contributed by atoms with Crippen molar-refractivity contribution in [2.45, 2.75) is 374 Å². The summed E-state index contributed by atoms with van der Waals surface area (Å²) in [4.78, 5) is 72.5. The van der Waals surface area contributed by atoms with Crippen LogP contribution in [0.1, 0.15) is 356 Å². The van der Waals surface area contributed by atoms with Crippen LogP contribution in [0.3, 0.4) is 0 Å². The normalized spacial score (nSPS) is 14.1. The van der Waals surface area contributed by atoms with E-state index in [-0.39, 0.29) is 25.7 Å². The Morgan fingerprint density at radius 2 is 0.517 bits per heavy atom. The molecular formula is C70H136O17P2. The van der Waals surface area contributed by atoms with Gasteiger partial charge in [-0.25, -0.2) is 9.13 Å². The highest BCUT2D eigenvalue weighted by Crippen LogP contribution is 2.45. The number of carbonyl (C=O) groups excluding carboxylic acids is 4. The third-order valence-electron chi connectivity index (χ3n) is 16.2. The van der Waals surface area contributed by atoms with E-state index in [2.05, 4.69) is 41.5 Å². The van der Waals surface area contributed by atoms with E-state index in [0.29, 0.717) is 25.7 Å². The van der Waals surface area contributed by atoms with E-state index in [1.165, 1.54) is 173 Å². The summed E-state index contributed by atoms with van der Waals surface area (Å²) in [6, 6.07) is 0. The molecule has 528 valence electrons. The van der Waals surface area contributed by atoms with Crippen molar-refractivity contribution in [3.8, 4) is 0 Å². The molecule has 0 amide bonds. The lowest BCUT2D eigenvalue weighted by Gasteiger charge is -2.21. The lowest BCUT2D eigenvalue weighted by Crippen LogP contribution is -2.30. The smallest absolute Gasteiger partial charge is 0.462 e. The summed E-state index contributed by atoms with van der Waals surface area (Å²) in [6.45, 7) is 9.53. The fraction of sp³-hybridized carbons (Fsp3) is 0.943. The molecule has 0 rings (SSSR count). The minimum absolute atomic E-state index is 0.107. The van der Waals surface area contributed by atoms with Gasteiger partial charge >= 0.3 is 39.5 Å². The lowest BCUT2D eigenvalue weighted by molar-refractivity contribution is -0.161. The molecule has 0 bridgehead atoms. The van der Waals surface area contributed by atoms with Crippen molar-refractivity contribution in [3.05, 3.63) is 0 Å². The summed E-state index contributed by atoms with van der Waals surface area (Å²) in [7, 11) is -9.90. The fourth-order valence-corrected chi connectivity index (χ4v) is 12.2. The van der Waals surface area contributed by atoms with Crippen LogP contribution in [0.4, 0.5) is 0 Å². The Bertz CT molecular complexity index is 1730. The average Bonchev–Trinajstić information content (AvgIpc) is 3.56. The molecule has 0 fully saturated rings. The number of carbonyl (C=O) groups is 4. The fourth-order valence-electron chi connectivity index (χ4n) is 10.6. The molecule has 19 heteroatoms. The van der Waals surface area contributed by atoms with E-state index in [1.54, 1.807) is 0 Å². The molecule has 0 aromatic rings. The van der Waals surface area contributed by atoms with Gasteiger partial charge < -0.3 is 33.8 Å². The number of unbranched alkanes of at least 4 members (excludes halogenated alkanes) is 39. The molecule has 89 heavy (non-hydrogen) atoms. The van der Waals surface area contributed by atoms with Crippen molar-refractivity contribution < 1.29 is 80.2 Å². The summed E-state index contributed by atoms with van der Waals surface area (Å²) in [5.41, 5.74) is 0. The molecule has 0 spiro atoms. The van der Waals surface area contributed by atoms with E-state index in [4.69, 9.17) is 37.0 Å². The van der Waals surface area contributed by atoms with Gasteiger partial charge in [-0.2, -0.15) is 0 Å². The van der Waals surface area contributed by atoms with Crippen LogP contribution in [-0.4, -0.2) is 96.7 Å². The van der Waals surface area contributed by atoms with Crippen molar-refractivity contribution in [2.75, 3.05) is 39.6 Å². The van der Waals surface area contributed by atoms with Gasteiger partial charge in [0.15, 0.2) is 12.2 Å². The molecule has 17 nitrogen and oxygen atoms in total. The van der Waals surface area contributed by atoms with E-state index in [9.17, 15) is 43.2 Å². The number of aliphatic hydroxyl groups is 1.